The topological polar surface area (TPSA) is 31.5 Å². The Morgan fingerprint density at radius 2 is 1.25 bits per heavy atom. The third kappa shape index (κ3) is 8.82. The van der Waals surface area contributed by atoms with Crippen LogP contribution < -0.4 is 42.0 Å². The van der Waals surface area contributed by atoms with Gasteiger partial charge in [-0.3, -0.25) is 0 Å². The minimum atomic E-state index is 0. The molecular formula is H4CaClNaO. The first-order chi connectivity index (χ1) is 0. The molecule has 4 heavy (non-hydrogen) atoms. The number of rotatable bonds is 0. The fourth-order valence-electron chi connectivity index (χ4n) is 0. The Hall–Kier alpha value is 2.51. The Bertz CT molecular complexity index is 13.5. The quantitative estimate of drug-likeness (QED) is 0.283. The smallest absolute Gasteiger partial charge is 1.00 e. The van der Waals surface area contributed by atoms with Gasteiger partial charge in [-0.1, -0.05) is 0 Å². The van der Waals surface area contributed by atoms with E-state index in [1.165, 1.54) is 0 Å². The molecule has 0 spiro atoms. The van der Waals surface area contributed by atoms with Crippen LogP contribution >= 0.6 is 0 Å². The second-order valence-corrected chi connectivity index (χ2v) is 0. The average Bonchev–Trinajstić information content (AvgIpc) is 0. The van der Waals surface area contributed by atoms with Gasteiger partial charge in [0, 0.05) is 0 Å². The molecule has 1 nitrogen and oxygen atoms in total. The van der Waals surface area contributed by atoms with Gasteiger partial charge < -0.3 is 20.7 Å². The fraction of sp³-hybridized carbons (Fsp3) is 0. The van der Waals surface area contributed by atoms with E-state index in [1.54, 1.807) is 0 Å². The first-order valence-corrected chi connectivity index (χ1v) is 0. The van der Waals surface area contributed by atoms with Crippen LogP contribution in [0.4, 0.5) is 0 Å². The van der Waals surface area contributed by atoms with E-state index < -0.39 is 0 Å². The van der Waals surface area contributed by atoms with Crippen molar-refractivity contribution in [2.75, 3.05) is 0 Å². The molecule has 4 heteroatoms. The summed E-state index contributed by atoms with van der Waals surface area (Å²) in [5.74, 6) is 0. The van der Waals surface area contributed by atoms with Gasteiger partial charge in [-0.05, 0) is 0 Å². The Morgan fingerprint density at radius 3 is 1.25 bits per heavy atom. The molecule has 0 aromatic rings. The van der Waals surface area contributed by atoms with Crippen LogP contribution in [0, 0.1) is 0 Å². The van der Waals surface area contributed by atoms with Gasteiger partial charge in [0.05, 0.1) is 0 Å². The molecule has 0 heterocycles. The molecule has 0 fully saturated rings. The molecule has 0 rings (SSSR count). The molecule has 0 bridgehead atoms. The van der Waals surface area contributed by atoms with Crippen molar-refractivity contribution in [3.05, 3.63) is 0 Å². The standard InChI is InChI=1S/Ca.ClH.Na.H2O.2H/h;1H;;1H2;;/q+2;;+1;;2*-1/p-1. The van der Waals surface area contributed by atoms with E-state index in [9.17, 15) is 0 Å². The van der Waals surface area contributed by atoms with Crippen LogP contribution in [0.15, 0.2) is 0 Å². The van der Waals surface area contributed by atoms with E-state index in [1.807, 2.05) is 0 Å². The summed E-state index contributed by atoms with van der Waals surface area (Å²) < 4.78 is 0. The average molecular weight is 119 g/mol. The SMILES string of the molecule is O.[Ca+2].[Cl-].[H-].[H-].[Na+]. The maximum absolute atomic E-state index is 0. The molecule has 20 valence electrons. The molecule has 0 aliphatic heterocycles. The number of hydrogen-bond acceptors (Lipinski definition) is 0. The number of halogens is 1. The zero-order chi connectivity index (χ0) is 0. The molecule has 0 radical (unpaired) electrons. The van der Waals surface area contributed by atoms with Crippen LogP contribution in [0.5, 0.6) is 0 Å². The molecule has 0 aliphatic rings. The summed E-state index contributed by atoms with van der Waals surface area (Å²) in [4.78, 5) is 0. The largest absolute Gasteiger partial charge is 2.00 e. The van der Waals surface area contributed by atoms with Crippen LogP contribution in [-0.4, -0.2) is 43.2 Å². The normalized spacial score (nSPS) is 0. The van der Waals surface area contributed by atoms with Crippen molar-refractivity contribution in [2.24, 2.45) is 0 Å². The van der Waals surface area contributed by atoms with Gasteiger partial charge in [0.1, 0.15) is 0 Å². The fourth-order valence-corrected chi connectivity index (χ4v) is 0. The molecule has 0 saturated heterocycles. The summed E-state index contributed by atoms with van der Waals surface area (Å²) in [6, 6.07) is 0. The second-order valence-electron chi connectivity index (χ2n) is 0. The zero-order valence-electron chi connectivity index (χ0n) is 4.59. The van der Waals surface area contributed by atoms with Gasteiger partial charge in [-0.15, -0.1) is 0 Å². The maximum Gasteiger partial charge on any atom is 2.00 e. The van der Waals surface area contributed by atoms with Crippen LogP contribution in [0.25, 0.3) is 0 Å². The summed E-state index contributed by atoms with van der Waals surface area (Å²) in [5.41, 5.74) is 0. The molecule has 2 N–H and O–H groups in total. The summed E-state index contributed by atoms with van der Waals surface area (Å²) in [6.45, 7) is 0. The predicted molar refractivity (Wildman–Crippen MR) is 11.6 cm³/mol. The van der Waals surface area contributed by atoms with E-state index in [4.69, 9.17) is 0 Å². The summed E-state index contributed by atoms with van der Waals surface area (Å²) in [6.07, 6.45) is 0. The van der Waals surface area contributed by atoms with E-state index >= 15 is 0 Å². The molecule has 0 aromatic carbocycles. The summed E-state index contributed by atoms with van der Waals surface area (Å²) in [5, 5.41) is 0. The molecule has 0 aromatic heterocycles. The minimum absolute atomic E-state index is 0. The second kappa shape index (κ2) is 17.8. The van der Waals surface area contributed by atoms with Crippen molar-refractivity contribution in [2.45, 2.75) is 0 Å². The predicted octanol–water partition coefficient (Wildman–Crippen LogP) is -6.97. The summed E-state index contributed by atoms with van der Waals surface area (Å²) in [7, 11) is 0. The van der Waals surface area contributed by atoms with E-state index in [2.05, 4.69) is 0 Å². The van der Waals surface area contributed by atoms with Crippen molar-refractivity contribution in [1.82, 2.24) is 0 Å². The zero-order valence-corrected chi connectivity index (χ0v) is 7.55. The van der Waals surface area contributed by atoms with E-state index in [0.29, 0.717) is 0 Å². The van der Waals surface area contributed by atoms with Gasteiger partial charge in [-0.25, -0.2) is 0 Å². The van der Waals surface area contributed by atoms with Gasteiger partial charge in [0.15, 0.2) is 0 Å². The molecule has 0 unspecified atom stereocenters. The van der Waals surface area contributed by atoms with Crippen molar-refractivity contribution in [1.29, 1.82) is 0 Å². The van der Waals surface area contributed by atoms with Gasteiger partial charge in [-0.2, -0.15) is 0 Å². The summed E-state index contributed by atoms with van der Waals surface area (Å²) >= 11 is 0. The number of hydrogen-bond donors (Lipinski definition) is 0. The van der Waals surface area contributed by atoms with Crippen LogP contribution in [0.3, 0.4) is 0 Å². The molecule has 0 saturated carbocycles. The van der Waals surface area contributed by atoms with Gasteiger partial charge >= 0.3 is 67.3 Å². The van der Waals surface area contributed by atoms with Crippen molar-refractivity contribution < 1.29 is 50.3 Å². The Kier molecular flexibility index (Phi) is 140. The maximum atomic E-state index is 0. The third-order valence-corrected chi connectivity index (χ3v) is 0. The Labute approximate surface area is 86.5 Å². The van der Waals surface area contributed by atoms with Crippen LogP contribution in [-0.2, 0) is 0 Å². The van der Waals surface area contributed by atoms with Crippen LogP contribution in [0.1, 0.15) is 2.85 Å². The van der Waals surface area contributed by atoms with Crippen molar-refractivity contribution >= 4 is 37.7 Å². The van der Waals surface area contributed by atoms with Gasteiger partial charge in [0.2, 0.25) is 0 Å². The van der Waals surface area contributed by atoms with Crippen LogP contribution in [0.2, 0.25) is 0 Å². The molecule has 0 atom stereocenters. The first kappa shape index (κ1) is 31.4. The molecule has 0 amide bonds. The molecular weight excluding hydrogens is 115 g/mol. The third-order valence-electron chi connectivity index (χ3n) is 0. The Balaban J connectivity index is 0. The van der Waals surface area contributed by atoms with E-state index in [0.717, 1.165) is 0 Å². The van der Waals surface area contributed by atoms with E-state index in [-0.39, 0.29) is 88.0 Å². The Morgan fingerprint density at radius 1 is 1.25 bits per heavy atom. The van der Waals surface area contributed by atoms with Crippen molar-refractivity contribution in [3.8, 4) is 0 Å². The minimum Gasteiger partial charge on any atom is -1.00 e. The molecule has 0 aliphatic carbocycles. The van der Waals surface area contributed by atoms with Gasteiger partial charge in [0.25, 0.3) is 0 Å². The first-order valence-electron chi connectivity index (χ1n) is 0. The monoisotopic (exact) mass is 118 g/mol. The van der Waals surface area contributed by atoms with Crippen molar-refractivity contribution in [3.63, 3.8) is 0 Å².